The predicted molar refractivity (Wildman–Crippen MR) is 63.5 cm³/mol. The summed E-state index contributed by atoms with van der Waals surface area (Å²) in [5.41, 5.74) is 5.41. The lowest BCUT2D eigenvalue weighted by Gasteiger charge is -2.17. The van der Waals surface area contributed by atoms with Crippen molar-refractivity contribution in [1.82, 2.24) is 0 Å². The summed E-state index contributed by atoms with van der Waals surface area (Å²) in [5, 5.41) is 0. The van der Waals surface area contributed by atoms with E-state index in [0.29, 0.717) is 6.29 Å². The van der Waals surface area contributed by atoms with Crippen molar-refractivity contribution in [3.05, 3.63) is 0 Å². The number of rotatable bonds is 1. The third-order valence-electron chi connectivity index (χ3n) is 1.29. The van der Waals surface area contributed by atoms with Crippen LogP contribution in [0.1, 0.15) is 33.1 Å². The molecule has 3 nitrogen and oxygen atoms in total. The molecule has 0 aliphatic carbocycles. The fourth-order valence-corrected chi connectivity index (χ4v) is 0.766. The molecule has 0 saturated carbocycles. The standard InChI is InChI=1S/C5H11NO.C2H6.CH4NPS/c6-5-3-1-2-4-7-5;1-2;3-1-2-4/h5H,1-4,6H2;1-2H3;1,3H2/t5-;;/m1../s1. The zero-order valence-corrected chi connectivity index (χ0v) is 10.5. The maximum absolute atomic E-state index is 5.41. The van der Waals surface area contributed by atoms with E-state index < -0.39 is 0 Å². The Morgan fingerprint density at radius 2 is 2.08 bits per heavy atom. The van der Waals surface area contributed by atoms with Crippen molar-refractivity contribution < 1.29 is 4.74 Å². The number of ether oxygens (including phenoxy) is 1. The lowest BCUT2D eigenvalue weighted by Crippen LogP contribution is -2.27. The number of hydrogen-bond donors (Lipinski definition) is 1. The van der Waals surface area contributed by atoms with Gasteiger partial charge in [-0.05, 0) is 19.3 Å². The normalized spacial score (nSPS) is 20.2. The molecular formula is C8H21N2OPS. The summed E-state index contributed by atoms with van der Waals surface area (Å²) in [6, 6.07) is 0. The SMILES string of the molecule is CC.N[C@H]1CCCCO1.PCN=S. The Bertz CT molecular complexity index is 100. The molecule has 80 valence electrons. The Labute approximate surface area is 89.2 Å². The second kappa shape index (κ2) is 14.9. The van der Waals surface area contributed by atoms with Gasteiger partial charge in [-0.2, -0.15) is 0 Å². The van der Waals surface area contributed by atoms with Crippen LogP contribution in [0.25, 0.3) is 0 Å². The van der Waals surface area contributed by atoms with Gasteiger partial charge in [-0.25, -0.2) is 4.36 Å². The Balaban J connectivity index is 0. The fraction of sp³-hybridized carbons (Fsp3) is 1.00. The number of nitrogens with zero attached hydrogens (tertiary/aromatic N) is 1. The molecular weight excluding hydrogens is 203 g/mol. The van der Waals surface area contributed by atoms with Crippen LogP contribution in [-0.2, 0) is 17.2 Å². The minimum atomic E-state index is 0.0359. The molecule has 0 spiro atoms. The maximum Gasteiger partial charge on any atom is 0.105 e. The van der Waals surface area contributed by atoms with Crippen LogP contribution in [0, 0.1) is 0 Å². The van der Waals surface area contributed by atoms with Crippen LogP contribution in [0.4, 0.5) is 0 Å². The van der Waals surface area contributed by atoms with Gasteiger partial charge < -0.3 is 10.5 Å². The zero-order valence-electron chi connectivity index (χ0n) is 8.53. The van der Waals surface area contributed by atoms with Gasteiger partial charge in [0, 0.05) is 19.0 Å². The van der Waals surface area contributed by atoms with Gasteiger partial charge in [0.05, 0.1) is 6.29 Å². The van der Waals surface area contributed by atoms with Gasteiger partial charge in [0.2, 0.25) is 0 Å². The molecule has 0 aromatic rings. The second-order valence-corrected chi connectivity index (χ2v) is 2.84. The highest BCUT2D eigenvalue weighted by Gasteiger charge is 2.06. The van der Waals surface area contributed by atoms with E-state index in [2.05, 4.69) is 26.0 Å². The van der Waals surface area contributed by atoms with Crippen LogP contribution in [0.2, 0.25) is 0 Å². The third kappa shape index (κ3) is 15.2. The minimum absolute atomic E-state index is 0.0359. The van der Waals surface area contributed by atoms with Crippen LogP contribution in [0.3, 0.4) is 0 Å². The van der Waals surface area contributed by atoms with Crippen LogP contribution >= 0.6 is 9.24 Å². The first kappa shape index (κ1) is 15.8. The van der Waals surface area contributed by atoms with E-state index in [0.717, 1.165) is 13.0 Å². The van der Waals surface area contributed by atoms with E-state index in [1.54, 1.807) is 0 Å². The highest BCUT2D eigenvalue weighted by molar-refractivity contribution is 7.47. The van der Waals surface area contributed by atoms with Crippen molar-refractivity contribution in [2.45, 2.75) is 39.3 Å². The van der Waals surface area contributed by atoms with Gasteiger partial charge in [-0.1, -0.05) is 13.8 Å². The first-order chi connectivity index (χ1) is 6.31. The highest BCUT2D eigenvalue weighted by Crippen LogP contribution is 2.06. The topological polar surface area (TPSA) is 47.6 Å². The molecule has 1 fully saturated rings. The minimum Gasteiger partial charge on any atom is -0.364 e. The van der Waals surface area contributed by atoms with E-state index in [9.17, 15) is 0 Å². The maximum atomic E-state index is 5.41. The zero-order chi connectivity index (χ0) is 10.5. The van der Waals surface area contributed by atoms with Crippen molar-refractivity contribution in [1.29, 1.82) is 0 Å². The summed E-state index contributed by atoms with van der Waals surface area (Å²) in [6.45, 7) is 4.86. The molecule has 0 amide bonds. The molecule has 1 aliphatic rings. The molecule has 1 unspecified atom stereocenters. The molecule has 2 N–H and O–H groups in total. The van der Waals surface area contributed by atoms with E-state index in [1.807, 2.05) is 13.8 Å². The highest BCUT2D eigenvalue weighted by atomic mass is 32.1. The van der Waals surface area contributed by atoms with Gasteiger partial charge in [-0.15, -0.1) is 9.24 Å². The fourth-order valence-electron chi connectivity index (χ4n) is 0.766. The van der Waals surface area contributed by atoms with Gasteiger partial charge in [0.25, 0.3) is 0 Å². The van der Waals surface area contributed by atoms with Crippen molar-refractivity contribution in [3.8, 4) is 0 Å². The van der Waals surface area contributed by atoms with Gasteiger partial charge in [0.1, 0.15) is 6.23 Å². The monoisotopic (exact) mass is 224 g/mol. The largest absolute Gasteiger partial charge is 0.364 e. The lowest BCUT2D eigenvalue weighted by molar-refractivity contribution is 0.0206. The van der Waals surface area contributed by atoms with Crippen LogP contribution in [0.15, 0.2) is 4.36 Å². The van der Waals surface area contributed by atoms with E-state index in [1.165, 1.54) is 12.8 Å². The summed E-state index contributed by atoms with van der Waals surface area (Å²) in [5.74, 6) is 0. The molecule has 1 rings (SSSR count). The average molecular weight is 224 g/mol. The molecule has 2 atom stereocenters. The molecule has 0 aromatic carbocycles. The third-order valence-corrected chi connectivity index (χ3v) is 1.89. The van der Waals surface area contributed by atoms with Crippen LogP contribution < -0.4 is 5.73 Å². The predicted octanol–water partition coefficient (Wildman–Crippen LogP) is 2.05. The lowest BCUT2D eigenvalue weighted by atomic mass is 10.2. The van der Waals surface area contributed by atoms with Crippen molar-refractivity contribution in [2.75, 3.05) is 12.9 Å². The molecule has 0 aromatic heterocycles. The Morgan fingerprint density at radius 1 is 1.54 bits per heavy atom. The van der Waals surface area contributed by atoms with Crippen molar-refractivity contribution in [3.63, 3.8) is 0 Å². The van der Waals surface area contributed by atoms with Gasteiger partial charge in [-0.3, -0.25) is 0 Å². The quantitative estimate of drug-likeness (QED) is 0.693. The molecule has 1 heterocycles. The molecule has 0 bridgehead atoms. The Kier molecular flexibility index (Phi) is 18.1. The summed E-state index contributed by atoms with van der Waals surface area (Å²) >= 11 is 4.16. The van der Waals surface area contributed by atoms with Crippen molar-refractivity contribution in [2.24, 2.45) is 10.1 Å². The van der Waals surface area contributed by atoms with E-state index >= 15 is 0 Å². The Hall–Kier alpha value is 0.370. The van der Waals surface area contributed by atoms with Gasteiger partial charge in [0.15, 0.2) is 0 Å². The van der Waals surface area contributed by atoms with Crippen LogP contribution in [-0.4, -0.2) is 19.1 Å². The first-order valence-corrected chi connectivity index (χ1v) is 5.85. The summed E-state index contributed by atoms with van der Waals surface area (Å²) in [4.78, 5) is 0. The summed E-state index contributed by atoms with van der Waals surface area (Å²) in [7, 11) is 2.38. The Morgan fingerprint density at radius 3 is 2.23 bits per heavy atom. The van der Waals surface area contributed by atoms with E-state index in [4.69, 9.17) is 10.5 Å². The van der Waals surface area contributed by atoms with Crippen molar-refractivity contribution >= 4 is 21.7 Å². The van der Waals surface area contributed by atoms with Crippen LogP contribution in [0.5, 0.6) is 0 Å². The number of hydrogen-bond acceptors (Lipinski definition) is 4. The molecule has 13 heavy (non-hydrogen) atoms. The molecule has 1 saturated heterocycles. The molecule has 5 heteroatoms. The van der Waals surface area contributed by atoms with Gasteiger partial charge >= 0.3 is 0 Å². The average Bonchev–Trinajstić information content (AvgIpc) is 2.22. The summed E-state index contributed by atoms with van der Waals surface area (Å²) in [6.07, 6.45) is 4.18. The second-order valence-electron chi connectivity index (χ2n) is 2.22. The molecule has 1 aliphatic heterocycles. The number of nitrogens with two attached hydrogens (primary N) is 1. The van der Waals surface area contributed by atoms with E-state index in [-0.39, 0.29) is 6.23 Å². The molecule has 0 radical (unpaired) electrons. The summed E-state index contributed by atoms with van der Waals surface area (Å²) < 4.78 is 8.34. The first-order valence-electron chi connectivity index (χ1n) is 4.67. The smallest absolute Gasteiger partial charge is 0.105 e.